The summed E-state index contributed by atoms with van der Waals surface area (Å²) in [5, 5.41) is 10.4. The lowest BCUT2D eigenvalue weighted by Crippen LogP contribution is -2.93. The molecule has 1 aromatic rings. The SMILES string of the molecule is COC(=O)c1cn([C@H]2CO[C@H]3[C@@H]2OC[C@@H]3[NH2+]CC2CCCCC2)nn1. The van der Waals surface area contributed by atoms with Crippen molar-refractivity contribution >= 4 is 5.97 Å². The molecule has 2 saturated heterocycles. The maximum atomic E-state index is 11.6. The Kier molecular flexibility index (Phi) is 5.00. The van der Waals surface area contributed by atoms with Crippen molar-refractivity contribution in [3.63, 3.8) is 0 Å². The van der Waals surface area contributed by atoms with E-state index in [0.29, 0.717) is 19.3 Å². The lowest BCUT2D eigenvalue weighted by molar-refractivity contribution is -0.698. The number of fused-ring (bicyclic) bond motifs is 1. The first kappa shape index (κ1) is 16.9. The second-order valence-electron chi connectivity index (χ2n) is 7.38. The van der Waals surface area contributed by atoms with Gasteiger partial charge in [0.1, 0.15) is 30.9 Å². The van der Waals surface area contributed by atoms with Crippen LogP contribution in [-0.4, -0.2) is 66.1 Å². The normalized spacial score (nSPS) is 32.7. The maximum absolute atomic E-state index is 11.6. The lowest BCUT2D eigenvalue weighted by Gasteiger charge is -2.22. The summed E-state index contributed by atoms with van der Waals surface area (Å²) in [4.78, 5) is 11.6. The van der Waals surface area contributed by atoms with Gasteiger partial charge in [-0.2, -0.15) is 0 Å². The highest BCUT2D eigenvalue weighted by Crippen LogP contribution is 2.33. The van der Waals surface area contributed by atoms with Crippen LogP contribution < -0.4 is 5.32 Å². The van der Waals surface area contributed by atoms with Gasteiger partial charge in [0.2, 0.25) is 0 Å². The standard InChI is InChI=1S/C17H26N4O4/c1-23-17(22)12-8-21(20-19-12)14-10-25-15-13(9-24-16(14)15)18-7-11-5-3-2-4-6-11/h8,11,13-16,18H,2-7,9-10H2,1H3/p+1/t13-,14-,15+,16+/m0/s1. The molecule has 1 aliphatic carbocycles. The van der Waals surface area contributed by atoms with Crippen molar-refractivity contribution in [1.29, 1.82) is 0 Å². The monoisotopic (exact) mass is 351 g/mol. The van der Waals surface area contributed by atoms with E-state index in [1.165, 1.54) is 45.8 Å². The average molecular weight is 351 g/mol. The zero-order chi connectivity index (χ0) is 17.2. The number of hydrogen-bond donors (Lipinski definition) is 1. The third-order valence-electron chi connectivity index (χ3n) is 5.81. The summed E-state index contributed by atoms with van der Waals surface area (Å²) in [6, 6.07) is 0.310. The van der Waals surface area contributed by atoms with Crippen LogP contribution in [0, 0.1) is 5.92 Å². The van der Waals surface area contributed by atoms with Crippen molar-refractivity contribution < 1.29 is 24.3 Å². The van der Waals surface area contributed by atoms with E-state index in [1.807, 2.05) is 0 Å². The van der Waals surface area contributed by atoms with Crippen LogP contribution in [0.4, 0.5) is 0 Å². The van der Waals surface area contributed by atoms with Gasteiger partial charge in [0.05, 0.1) is 26.5 Å². The van der Waals surface area contributed by atoms with E-state index in [-0.39, 0.29) is 23.9 Å². The number of carbonyl (C=O) groups is 1. The molecule has 3 heterocycles. The molecule has 1 saturated carbocycles. The molecule has 0 amide bonds. The molecule has 3 aliphatic rings. The lowest BCUT2D eigenvalue weighted by atomic mass is 9.89. The van der Waals surface area contributed by atoms with Crippen LogP contribution in [0.15, 0.2) is 6.20 Å². The van der Waals surface area contributed by atoms with Gasteiger partial charge in [0.15, 0.2) is 5.69 Å². The van der Waals surface area contributed by atoms with Crippen LogP contribution >= 0.6 is 0 Å². The predicted octanol–water partition coefficient (Wildman–Crippen LogP) is -0.0843. The zero-order valence-corrected chi connectivity index (χ0v) is 14.7. The molecular weight excluding hydrogens is 324 g/mol. The molecule has 1 aromatic heterocycles. The number of nitrogens with two attached hydrogens (primary N) is 1. The van der Waals surface area contributed by atoms with Gasteiger partial charge in [-0.15, -0.1) is 5.10 Å². The van der Waals surface area contributed by atoms with Crippen molar-refractivity contribution in [3.8, 4) is 0 Å². The summed E-state index contributed by atoms with van der Waals surface area (Å²) in [6.07, 6.45) is 8.53. The topological polar surface area (TPSA) is 92.1 Å². The van der Waals surface area contributed by atoms with E-state index in [4.69, 9.17) is 9.47 Å². The minimum atomic E-state index is -0.479. The van der Waals surface area contributed by atoms with Crippen LogP contribution in [0.25, 0.3) is 0 Å². The van der Waals surface area contributed by atoms with Gasteiger partial charge in [-0.05, 0) is 12.8 Å². The Bertz CT molecular complexity index is 601. The van der Waals surface area contributed by atoms with E-state index < -0.39 is 5.97 Å². The largest absolute Gasteiger partial charge is 0.464 e. The molecular formula is C17H27N4O4+. The van der Waals surface area contributed by atoms with E-state index in [9.17, 15) is 4.79 Å². The minimum absolute atomic E-state index is 0.0280. The molecule has 0 spiro atoms. The fourth-order valence-corrected chi connectivity index (χ4v) is 4.36. The average Bonchev–Trinajstić information content (AvgIpc) is 3.36. The number of carbonyl (C=O) groups excluding carboxylic acids is 1. The van der Waals surface area contributed by atoms with Crippen LogP contribution in [0.3, 0.4) is 0 Å². The predicted molar refractivity (Wildman–Crippen MR) is 87.0 cm³/mol. The van der Waals surface area contributed by atoms with Crippen molar-refractivity contribution in [2.75, 3.05) is 26.9 Å². The molecule has 0 bridgehead atoms. The molecule has 0 unspecified atom stereocenters. The number of esters is 1. The first-order valence-electron chi connectivity index (χ1n) is 9.33. The molecule has 8 heteroatoms. The number of rotatable bonds is 5. The summed E-state index contributed by atoms with van der Waals surface area (Å²) in [7, 11) is 1.34. The van der Waals surface area contributed by atoms with Crippen molar-refractivity contribution in [1.82, 2.24) is 15.0 Å². The van der Waals surface area contributed by atoms with Gasteiger partial charge in [0, 0.05) is 5.92 Å². The third kappa shape index (κ3) is 3.43. The highest BCUT2D eigenvalue weighted by atomic mass is 16.6. The maximum Gasteiger partial charge on any atom is 0.360 e. The summed E-state index contributed by atoms with van der Waals surface area (Å²) in [6.45, 7) is 2.41. The minimum Gasteiger partial charge on any atom is -0.464 e. The van der Waals surface area contributed by atoms with E-state index in [2.05, 4.69) is 20.4 Å². The van der Waals surface area contributed by atoms with E-state index in [0.717, 1.165) is 5.92 Å². The first-order valence-corrected chi connectivity index (χ1v) is 9.33. The number of ether oxygens (including phenoxy) is 3. The van der Waals surface area contributed by atoms with Crippen LogP contribution in [0.2, 0.25) is 0 Å². The summed E-state index contributed by atoms with van der Waals surface area (Å²) < 4.78 is 18.4. The van der Waals surface area contributed by atoms with Gasteiger partial charge in [-0.1, -0.05) is 24.5 Å². The van der Waals surface area contributed by atoms with E-state index in [1.54, 1.807) is 10.9 Å². The molecule has 2 N–H and O–H groups in total. The van der Waals surface area contributed by atoms with Gasteiger partial charge in [0.25, 0.3) is 0 Å². The molecule has 8 nitrogen and oxygen atoms in total. The summed E-state index contributed by atoms with van der Waals surface area (Å²) in [5.74, 6) is 0.357. The van der Waals surface area contributed by atoms with Gasteiger partial charge in [-0.3, -0.25) is 0 Å². The number of aromatic nitrogens is 3. The zero-order valence-electron chi connectivity index (χ0n) is 14.7. The molecule has 0 radical (unpaired) electrons. The second kappa shape index (κ2) is 7.39. The Labute approximate surface area is 147 Å². The second-order valence-corrected chi connectivity index (χ2v) is 7.38. The summed E-state index contributed by atoms with van der Waals surface area (Å²) in [5.41, 5.74) is 0.212. The summed E-state index contributed by atoms with van der Waals surface area (Å²) >= 11 is 0. The van der Waals surface area contributed by atoms with Crippen LogP contribution in [0.5, 0.6) is 0 Å². The van der Waals surface area contributed by atoms with Gasteiger partial charge < -0.3 is 19.5 Å². The smallest absolute Gasteiger partial charge is 0.360 e. The van der Waals surface area contributed by atoms with Gasteiger partial charge in [-0.25, -0.2) is 9.48 Å². The highest BCUT2D eigenvalue weighted by Gasteiger charge is 2.51. The number of quaternary nitrogens is 1. The Morgan fingerprint density at radius 3 is 2.88 bits per heavy atom. The fourth-order valence-electron chi connectivity index (χ4n) is 4.36. The first-order chi connectivity index (χ1) is 12.3. The Morgan fingerprint density at radius 2 is 2.08 bits per heavy atom. The molecule has 138 valence electrons. The Morgan fingerprint density at radius 1 is 1.28 bits per heavy atom. The Hall–Kier alpha value is -1.51. The van der Waals surface area contributed by atoms with Crippen LogP contribution in [-0.2, 0) is 14.2 Å². The van der Waals surface area contributed by atoms with Crippen molar-refractivity contribution in [3.05, 3.63) is 11.9 Å². The molecule has 2 aliphatic heterocycles. The number of methoxy groups -OCH3 is 1. The molecule has 4 atom stereocenters. The van der Waals surface area contributed by atoms with Crippen molar-refractivity contribution in [2.45, 2.75) is 56.4 Å². The fraction of sp³-hybridized carbons (Fsp3) is 0.824. The quantitative estimate of drug-likeness (QED) is 0.746. The Balaban J connectivity index is 1.35. The van der Waals surface area contributed by atoms with Gasteiger partial charge >= 0.3 is 5.97 Å². The van der Waals surface area contributed by atoms with E-state index >= 15 is 0 Å². The number of hydrogen-bond acceptors (Lipinski definition) is 6. The molecule has 0 aromatic carbocycles. The third-order valence-corrected chi connectivity index (χ3v) is 5.81. The molecule has 25 heavy (non-hydrogen) atoms. The van der Waals surface area contributed by atoms with Crippen LogP contribution in [0.1, 0.15) is 48.6 Å². The molecule has 4 rings (SSSR count). The van der Waals surface area contributed by atoms with Crippen molar-refractivity contribution in [2.24, 2.45) is 5.92 Å². The number of nitrogens with zero attached hydrogens (tertiary/aromatic N) is 3. The molecule has 3 fully saturated rings. The highest BCUT2D eigenvalue weighted by molar-refractivity contribution is 5.86.